The zero-order chi connectivity index (χ0) is 16.6. The van der Waals surface area contributed by atoms with Gasteiger partial charge >= 0.3 is 6.03 Å². The van der Waals surface area contributed by atoms with E-state index in [1.165, 1.54) is 5.56 Å². The van der Waals surface area contributed by atoms with Gasteiger partial charge in [0.05, 0.1) is 0 Å². The number of carbonyl (C=O) groups excluding carboxylic acids is 1. The normalized spacial score (nSPS) is 15.8. The molecule has 1 aromatic heterocycles. The van der Waals surface area contributed by atoms with Crippen molar-refractivity contribution >= 4 is 11.7 Å². The molecule has 5 nitrogen and oxygen atoms in total. The average molecular weight is 324 g/mol. The van der Waals surface area contributed by atoms with Crippen molar-refractivity contribution in [1.29, 1.82) is 0 Å². The van der Waals surface area contributed by atoms with Gasteiger partial charge in [-0.15, -0.1) is 0 Å². The number of hydrogen-bond acceptors (Lipinski definition) is 3. The van der Waals surface area contributed by atoms with Gasteiger partial charge in [-0.1, -0.05) is 24.3 Å². The number of nitrogens with one attached hydrogen (secondary N) is 2. The van der Waals surface area contributed by atoms with E-state index in [4.69, 9.17) is 0 Å². The van der Waals surface area contributed by atoms with Crippen molar-refractivity contribution in [2.45, 2.75) is 25.3 Å². The molecule has 0 aliphatic carbocycles. The van der Waals surface area contributed by atoms with E-state index >= 15 is 0 Å². The van der Waals surface area contributed by atoms with Crippen molar-refractivity contribution in [3.63, 3.8) is 0 Å². The summed E-state index contributed by atoms with van der Waals surface area (Å²) in [6.45, 7) is 3.10. The Morgan fingerprint density at radius 1 is 1.12 bits per heavy atom. The summed E-state index contributed by atoms with van der Waals surface area (Å²) in [4.78, 5) is 18.6. The molecule has 0 bridgehead atoms. The molecule has 126 valence electrons. The van der Waals surface area contributed by atoms with Crippen LogP contribution in [0.25, 0.3) is 0 Å². The number of para-hydroxylation sites is 1. The van der Waals surface area contributed by atoms with Crippen LogP contribution in [0, 0.1) is 0 Å². The predicted octanol–water partition coefficient (Wildman–Crippen LogP) is 2.91. The quantitative estimate of drug-likeness (QED) is 0.889. The number of carbonyl (C=O) groups is 1. The van der Waals surface area contributed by atoms with Crippen molar-refractivity contribution in [3.8, 4) is 0 Å². The SMILES string of the molecule is O=C(Nc1ccccc1)NC1CCN(CCc2cccnc2)CC1. The molecule has 1 saturated heterocycles. The summed E-state index contributed by atoms with van der Waals surface area (Å²) >= 11 is 0. The molecule has 5 heteroatoms. The number of pyridine rings is 1. The summed E-state index contributed by atoms with van der Waals surface area (Å²) in [5.41, 5.74) is 2.10. The van der Waals surface area contributed by atoms with Gasteiger partial charge in [0.1, 0.15) is 0 Å². The molecule has 2 aromatic rings. The number of urea groups is 1. The van der Waals surface area contributed by atoms with E-state index in [0.717, 1.165) is 44.6 Å². The third kappa shape index (κ3) is 5.06. The van der Waals surface area contributed by atoms with Gasteiger partial charge in [-0.05, 0) is 43.0 Å². The molecule has 24 heavy (non-hydrogen) atoms. The number of likely N-dealkylation sites (tertiary alicyclic amines) is 1. The Balaban J connectivity index is 1.36. The maximum Gasteiger partial charge on any atom is 0.319 e. The zero-order valence-electron chi connectivity index (χ0n) is 13.8. The highest BCUT2D eigenvalue weighted by molar-refractivity contribution is 5.89. The number of amides is 2. The van der Waals surface area contributed by atoms with Crippen LogP contribution in [0.4, 0.5) is 10.5 Å². The highest BCUT2D eigenvalue weighted by atomic mass is 16.2. The lowest BCUT2D eigenvalue weighted by molar-refractivity contribution is 0.197. The Morgan fingerprint density at radius 3 is 2.62 bits per heavy atom. The first-order valence-electron chi connectivity index (χ1n) is 8.53. The number of nitrogens with zero attached hydrogens (tertiary/aromatic N) is 2. The van der Waals surface area contributed by atoms with Crippen LogP contribution < -0.4 is 10.6 Å². The number of aromatic nitrogens is 1. The second-order valence-electron chi connectivity index (χ2n) is 6.19. The molecular formula is C19H24N4O. The van der Waals surface area contributed by atoms with Gasteiger partial charge in [0, 0.05) is 43.8 Å². The van der Waals surface area contributed by atoms with Crippen molar-refractivity contribution in [2.24, 2.45) is 0 Å². The summed E-state index contributed by atoms with van der Waals surface area (Å²) in [6.07, 6.45) is 6.76. The maximum atomic E-state index is 12.0. The van der Waals surface area contributed by atoms with Crippen LogP contribution >= 0.6 is 0 Å². The molecule has 2 amide bonds. The smallest absolute Gasteiger partial charge is 0.319 e. The number of anilines is 1. The Kier molecular flexibility index (Phi) is 5.80. The highest BCUT2D eigenvalue weighted by Gasteiger charge is 2.20. The Hall–Kier alpha value is -2.40. The molecule has 2 N–H and O–H groups in total. The monoisotopic (exact) mass is 324 g/mol. The molecule has 1 aliphatic heterocycles. The molecule has 0 unspecified atom stereocenters. The summed E-state index contributed by atoms with van der Waals surface area (Å²) < 4.78 is 0. The van der Waals surface area contributed by atoms with E-state index in [0.29, 0.717) is 0 Å². The van der Waals surface area contributed by atoms with Gasteiger partial charge < -0.3 is 15.5 Å². The maximum absolute atomic E-state index is 12.0. The number of piperidine rings is 1. The molecule has 1 fully saturated rings. The third-order valence-corrected chi connectivity index (χ3v) is 4.39. The Morgan fingerprint density at radius 2 is 1.92 bits per heavy atom. The van der Waals surface area contributed by atoms with Gasteiger partial charge in [-0.3, -0.25) is 4.98 Å². The second kappa shape index (κ2) is 8.45. The second-order valence-corrected chi connectivity index (χ2v) is 6.19. The summed E-state index contributed by atoms with van der Waals surface area (Å²) in [7, 11) is 0. The molecule has 1 aliphatic rings. The topological polar surface area (TPSA) is 57.3 Å². The minimum absolute atomic E-state index is 0.116. The van der Waals surface area contributed by atoms with Crippen LogP contribution in [-0.2, 0) is 6.42 Å². The fraction of sp³-hybridized carbons (Fsp3) is 0.368. The Bertz CT molecular complexity index is 624. The molecule has 0 atom stereocenters. The number of benzene rings is 1. The minimum Gasteiger partial charge on any atom is -0.335 e. The molecule has 2 heterocycles. The largest absolute Gasteiger partial charge is 0.335 e. The van der Waals surface area contributed by atoms with Crippen molar-refractivity contribution in [2.75, 3.05) is 25.0 Å². The molecule has 0 saturated carbocycles. The molecule has 0 radical (unpaired) electrons. The number of hydrogen-bond donors (Lipinski definition) is 2. The van der Waals surface area contributed by atoms with E-state index < -0.39 is 0 Å². The first-order valence-corrected chi connectivity index (χ1v) is 8.53. The minimum atomic E-state index is -0.116. The zero-order valence-corrected chi connectivity index (χ0v) is 13.8. The molecular weight excluding hydrogens is 300 g/mol. The first kappa shape index (κ1) is 16.5. The fourth-order valence-electron chi connectivity index (χ4n) is 3.01. The van der Waals surface area contributed by atoms with E-state index in [-0.39, 0.29) is 12.1 Å². The van der Waals surface area contributed by atoms with Gasteiger partial charge in [0.15, 0.2) is 0 Å². The highest BCUT2D eigenvalue weighted by Crippen LogP contribution is 2.12. The van der Waals surface area contributed by atoms with Crippen LogP contribution in [0.3, 0.4) is 0 Å². The first-order chi connectivity index (χ1) is 11.8. The van der Waals surface area contributed by atoms with Crippen molar-refractivity contribution in [1.82, 2.24) is 15.2 Å². The van der Waals surface area contributed by atoms with E-state index in [1.54, 1.807) is 6.20 Å². The summed E-state index contributed by atoms with van der Waals surface area (Å²) in [6, 6.07) is 13.8. The van der Waals surface area contributed by atoms with Gasteiger partial charge in [0.25, 0.3) is 0 Å². The van der Waals surface area contributed by atoms with E-state index in [9.17, 15) is 4.79 Å². The van der Waals surface area contributed by atoms with Crippen LogP contribution in [0.2, 0.25) is 0 Å². The lowest BCUT2D eigenvalue weighted by atomic mass is 10.0. The van der Waals surface area contributed by atoms with Crippen molar-refractivity contribution in [3.05, 3.63) is 60.4 Å². The van der Waals surface area contributed by atoms with Crippen LogP contribution in [-0.4, -0.2) is 41.6 Å². The number of rotatable bonds is 5. The fourth-order valence-corrected chi connectivity index (χ4v) is 3.01. The standard InChI is InChI=1S/C19H24N4O/c24-19(21-17-6-2-1-3-7-17)22-18-9-13-23(14-10-18)12-8-16-5-4-11-20-15-16/h1-7,11,15,18H,8-10,12-14H2,(H2,21,22,24). The van der Waals surface area contributed by atoms with Gasteiger partial charge in [0.2, 0.25) is 0 Å². The molecule has 1 aromatic carbocycles. The molecule has 0 spiro atoms. The lowest BCUT2D eigenvalue weighted by Gasteiger charge is -2.32. The Labute approximate surface area is 143 Å². The van der Waals surface area contributed by atoms with Crippen molar-refractivity contribution < 1.29 is 4.79 Å². The predicted molar refractivity (Wildman–Crippen MR) is 96.0 cm³/mol. The van der Waals surface area contributed by atoms with Gasteiger partial charge in [-0.2, -0.15) is 0 Å². The lowest BCUT2D eigenvalue weighted by Crippen LogP contribution is -2.46. The summed E-state index contributed by atoms with van der Waals surface area (Å²) in [5.74, 6) is 0. The molecule has 3 rings (SSSR count). The third-order valence-electron chi connectivity index (χ3n) is 4.39. The van der Waals surface area contributed by atoms with E-state index in [1.807, 2.05) is 42.6 Å². The van der Waals surface area contributed by atoms with Gasteiger partial charge in [-0.25, -0.2) is 4.79 Å². The summed E-state index contributed by atoms with van der Waals surface area (Å²) in [5, 5.41) is 5.95. The average Bonchev–Trinajstić information content (AvgIpc) is 2.63. The van der Waals surface area contributed by atoms with Crippen LogP contribution in [0.15, 0.2) is 54.9 Å². The van der Waals surface area contributed by atoms with E-state index in [2.05, 4.69) is 26.6 Å². The van der Waals surface area contributed by atoms with Crippen LogP contribution in [0.1, 0.15) is 18.4 Å². The van der Waals surface area contributed by atoms with Crippen LogP contribution in [0.5, 0.6) is 0 Å².